The smallest absolute Gasteiger partial charge is 0.0974 e. The number of aromatic nitrogens is 2. The van der Waals surface area contributed by atoms with E-state index in [2.05, 4.69) is 17.2 Å². The molecule has 3 nitrogen and oxygen atoms in total. The summed E-state index contributed by atoms with van der Waals surface area (Å²) < 4.78 is 1.62. The van der Waals surface area contributed by atoms with E-state index in [-0.39, 0.29) is 0 Å². The number of nitrogens with zero attached hydrogens (tertiary/aromatic N) is 2. The molecule has 2 rings (SSSR count). The van der Waals surface area contributed by atoms with Crippen molar-refractivity contribution in [3.8, 4) is 0 Å². The Morgan fingerprint density at radius 2 is 2.06 bits per heavy atom. The third kappa shape index (κ3) is 2.87. The lowest BCUT2D eigenvalue weighted by molar-refractivity contribution is 0.158. The van der Waals surface area contributed by atoms with Crippen molar-refractivity contribution in [1.82, 2.24) is 9.78 Å². The second-order valence-corrected chi connectivity index (χ2v) is 4.45. The van der Waals surface area contributed by atoms with Gasteiger partial charge in [0.2, 0.25) is 0 Å². The van der Waals surface area contributed by atoms with Gasteiger partial charge in [-0.25, -0.2) is 0 Å². The van der Waals surface area contributed by atoms with E-state index in [4.69, 9.17) is 11.6 Å². The minimum absolute atomic E-state index is 0.521. The van der Waals surface area contributed by atoms with E-state index < -0.39 is 6.10 Å². The summed E-state index contributed by atoms with van der Waals surface area (Å²) >= 11 is 5.98. The van der Waals surface area contributed by atoms with E-state index in [1.165, 1.54) is 5.56 Å². The molecule has 0 saturated carbocycles. The highest BCUT2D eigenvalue weighted by Gasteiger charge is 2.16. The molecule has 0 bridgehead atoms. The van der Waals surface area contributed by atoms with Crippen LogP contribution >= 0.6 is 11.6 Å². The first-order chi connectivity index (χ1) is 8.18. The quantitative estimate of drug-likeness (QED) is 0.906. The number of hydrogen-bond acceptors (Lipinski definition) is 2. The highest BCUT2D eigenvalue weighted by molar-refractivity contribution is 6.31. The van der Waals surface area contributed by atoms with Crippen molar-refractivity contribution in [2.45, 2.75) is 18.9 Å². The zero-order chi connectivity index (χ0) is 12.3. The Labute approximate surface area is 106 Å². The van der Waals surface area contributed by atoms with Crippen LogP contribution in [0.4, 0.5) is 0 Å². The molecule has 1 N–H and O–H groups in total. The van der Waals surface area contributed by atoms with Crippen LogP contribution in [0.1, 0.15) is 23.8 Å². The molecule has 0 aliphatic rings. The molecule has 90 valence electrons. The van der Waals surface area contributed by atoms with Gasteiger partial charge >= 0.3 is 0 Å². The fraction of sp³-hybridized carbons (Fsp3) is 0.308. The van der Waals surface area contributed by atoms with Crippen LogP contribution in [0.2, 0.25) is 5.02 Å². The van der Waals surface area contributed by atoms with Gasteiger partial charge in [0.15, 0.2) is 0 Å². The predicted octanol–water partition coefficient (Wildman–Crippen LogP) is 2.74. The van der Waals surface area contributed by atoms with Crippen molar-refractivity contribution >= 4 is 11.6 Å². The number of halogens is 1. The summed E-state index contributed by atoms with van der Waals surface area (Å²) in [7, 11) is 1.78. The lowest BCUT2D eigenvalue weighted by atomic mass is 10.1. The van der Waals surface area contributed by atoms with Gasteiger partial charge in [0, 0.05) is 7.05 Å². The number of aliphatic hydroxyl groups is 1. The molecule has 1 aromatic carbocycles. The van der Waals surface area contributed by atoms with Crippen LogP contribution in [0.5, 0.6) is 0 Å². The van der Waals surface area contributed by atoms with Gasteiger partial charge in [-0.1, -0.05) is 41.9 Å². The number of aliphatic hydroxyl groups excluding tert-OH is 1. The first kappa shape index (κ1) is 12.1. The lowest BCUT2D eigenvalue weighted by Gasteiger charge is -2.11. The van der Waals surface area contributed by atoms with Crippen molar-refractivity contribution in [2.24, 2.45) is 7.05 Å². The third-order valence-corrected chi connectivity index (χ3v) is 3.09. The predicted molar refractivity (Wildman–Crippen MR) is 67.9 cm³/mol. The fourth-order valence-corrected chi connectivity index (χ4v) is 2.17. The van der Waals surface area contributed by atoms with Crippen LogP contribution in [0.3, 0.4) is 0 Å². The Morgan fingerprint density at radius 3 is 2.65 bits per heavy atom. The molecule has 0 spiro atoms. The van der Waals surface area contributed by atoms with Gasteiger partial charge in [-0.15, -0.1) is 0 Å². The van der Waals surface area contributed by atoms with E-state index in [1.807, 2.05) is 18.2 Å². The van der Waals surface area contributed by atoms with Crippen molar-refractivity contribution < 1.29 is 5.11 Å². The van der Waals surface area contributed by atoms with Gasteiger partial charge in [-0.2, -0.15) is 5.10 Å². The molecule has 2 aromatic rings. The summed E-state index contributed by atoms with van der Waals surface area (Å²) in [6.07, 6.45) is 2.45. The van der Waals surface area contributed by atoms with Crippen molar-refractivity contribution in [1.29, 1.82) is 0 Å². The maximum atomic E-state index is 10.1. The topological polar surface area (TPSA) is 38.0 Å². The summed E-state index contributed by atoms with van der Waals surface area (Å²) in [5.41, 5.74) is 1.90. The molecule has 0 aliphatic heterocycles. The molecule has 0 amide bonds. The maximum absolute atomic E-state index is 10.1. The molecule has 1 aromatic heterocycles. The van der Waals surface area contributed by atoms with Crippen LogP contribution in [-0.4, -0.2) is 14.9 Å². The van der Waals surface area contributed by atoms with Crippen LogP contribution < -0.4 is 0 Å². The minimum atomic E-state index is -0.574. The second kappa shape index (κ2) is 5.34. The molecule has 1 heterocycles. The largest absolute Gasteiger partial charge is 0.387 e. The first-order valence-corrected chi connectivity index (χ1v) is 5.95. The average Bonchev–Trinajstić information content (AvgIpc) is 2.67. The van der Waals surface area contributed by atoms with Gasteiger partial charge in [0.25, 0.3) is 0 Å². The van der Waals surface area contributed by atoms with Crippen LogP contribution in [0.15, 0.2) is 36.5 Å². The standard InChI is InChI=1S/C13H15ClN2O/c1-16-13(11(14)9-15-16)12(17)8-7-10-5-3-2-4-6-10/h2-6,9,12,17H,7-8H2,1H3. The normalized spacial score (nSPS) is 12.6. The molecule has 1 unspecified atom stereocenters. The Morgan fingerprint density at radius 1 is 1.35 bits per heavy atom. The van der Waals surface area contributed by atoms with E-state index >= 15 is 0 Å². The number of aryl methyl sites for hydroxylation is 2. The third-order valence-electron chi connectivity index (χ3n) is 2.80. The highest BCUT2D eigenvalue weighted by Crippen LogP contribution is 2.25. The maximum Gasteiger partial charge on any atom is 0.0974 e. The van der Waals surface area contributed by atoms with Crippen LogP contribution in [-0.2, 0) is 13.5 Å². The number of hydrogen-bond donors (Lipinski definition) is 1. The average molecular weight is 251 g/mol. The molecular formula is C13H15ClN2O. The SMILES string of the molecule is Cn1ncc(Cl)c1C(O)CCc1ccccc1. The van der Waals surface area contributed by atoms with E-state index in [1.54, 1.807) is 17.9 Å². The Balaban J connectivity index is 2.01. The van der Waals surface area contributed by atoms with Crippen LogP contribution in [0, 0.1) is 0 Å². The lowest BCUT2D eigenvalue weighted by Crippen LogP contribution is -2.07. The fourth-order valence-electron chi connectivity index (χ4n) is 1.88. The minimum Gasteiger partial charge on any atom is -0.387 e. The van der Waals surface area contributed by atoms with Crippen molar-refractivity contribution in [2.75, 3.05) is 0 Å². The molecule has 0 fully saturated rings. The van der Waals surface area contributed by atoms with Gasteiger partial charge < -0.3 is 5.11 Å². The van der Waals surface area contributed by atoms with Gasteiger partial charge in [-0.05, 0) is 18.4 Å². The monoisotopic (exact) mass is 250 g/mol. The van der Waals surface area contributed by atoms with E-state index in [0.717, 1.165) is 6.42 Å². The zero-order valence-electron chi connectivity index (χ0n) is 9.68. The van der Waals surface area contributed by atoms with E-state index in [9.17, 15) is 5.11 Å². The van der Waals surface area contributed by atoms with Gasteiger partial charge in [0.1, 0.15) is 0 Å². The number of benzene rings is 1. The summed E-state index contributed by atoms with van der Waals surface area (Å²) in [4.78, 5) is 0. The second-order valence-electron chi connectivity index (χ2n) is 4.04. The van der Waals surface area contributed by atoms with Gasteiger partial charge in [-0.3, -0.25) is 4.68 Å². The Hall–Kier alpha value is -1.32. The molecular weight excluding hydrogens is 236 g/mol. The summed E-state index contributed by atoms with van der Waals surface area (Å²) in [6.45, 7) is 0. The van der Waals surface area contributed by atoms with Crippen molar-refractivity contribution in [3.05, 3.63) is 52.8 Å². The molecule has 0 aliphatic carbocycles. The summed E-state index contributed by atoms with van der Waals surface area (Å²) in [5, 5.41) is 14.6. The van der Waals surface area contributed by atoms with Gasteiger partial charge in [0.05, 0.1) is 23.0 Å². The first-order valence-electron chi connectivity index (χ1n) is 5.58. The summed E-state index contributed by atoms with van der Waals surface area (Å²) in [6, 6.07) is 10.1. The molecule has 0 radical (unpaired) electrons. The molecule has 1 atom stereocenters. The Kier molecular flexibility index (Phi) is 3.82. The number of rotatable bonds is 4. The summed E-state index contributed by atoms with van der Waals surface area (Å²) in [5.74, 6) is 0. The Bertz CT molecular complexity index is 462. The highest BCUT2D eigenvalue weighted by atomic mass is 35.5. The molecule has 0 saturated heterocycles. The molecule has 4 heteroatoms. The molecule has 17 heavy (non-hydrogen) atoms. The van der Waals surface area contributed by atoms with Crippen LogP contribution in [0.25, 0.3) is 0 Å². The zero-order valence-corrected chi connectivity index (χ0v) is 10.4. The van der Waals surface area contributed by atoms with Crippen molar-refractivity contribution in [3.63, 3.8) is 0 Å². The van der Waals surface area contributed by atoms with E-state index in [0.29, 0.717) is 17.1 Å².